The number of halogens is 2. The van der Waals surface area contributed by atoms with Crippen molar-refractivity contribution < 1.29 is 4.42 Å². The molecule has 0 N–H and O–H groups in total. The molecule has 4 rings (SSSR count). The van der Waals surface area contributed by atoms with Gasteiger partial charge in [-0.1, -0.05) is 46.3 Å². The van der Waals surface area contributed by atoms with Crippen LogP contribution in [0.1, 0.15) is 0 Å². The molecule has 1 aromatic carbocycles. The minimum absolute atomic E-state index is 0.547. The van der Waals surface area contributed by atoms with Crippen LogP contribution in [0.3, 0.4) is 0 Å². The van der Waals surface area contributed by atoms with E-state index in [2.05, 4.69) is 10.1 Å². The average molecular weight is 356 g/mol. The summed E-state index contributed by atoms with van der Waals surface area (Å²) in [5.41, 5.74) is 1.38. The maximum Gasteiger partial charge on any atom is 0.213 e. The first-order valence-corrected chi connectivity index (χ1v) is 8.73. The first kappa shape index (κ1) is 13.5. The van der Waals surface area contributed by atoms with Crippen molar-refractivity contribution in [2.75, 3.05) is 6.26 Å². The predicted molar refractivity (Wildman–Crippen MR) is 87.9 cm³/mol. The number of aromatic nitrogens is 3. The van der Waals surface area contributed by atoms with Gasteiger partial charge in [0.1, 0.15) is 11.3 Å². The van der Waals surface area contributed by atoms with Crippen LogP contribution in [0.2, 0.25) is 10.0 Å². The van der Waals surface area contributed by atoms with E-state index in [-0.39, 0.29) is 0 Å². The summed E-state index contributed by atoms with van der Waals surface area (Å²) in [7, 11) is 0. The topological polar surface area (TPSA) is 43.3 Å². The fourth-order valence-corrected chi connectivity index (χ4v) is 3.95. The molecule has 0 aliphatic rings. The van der Waals surface area contributed by atoms with Crippen LogP contribution in [0.15, 0.2) is 33.2 Å². The predicted octanol–water partition coefficient (Wildman–Crippen LogP) is 5.23. The van der Waals surface area contributed by atoms with Crippen molar-refractivity contribution in [2.45, 2.75) is 4.34 Å². The van der Waals surface area contributed by atoms with Crippen molar-refractivity contribution in [1.29, 1.82) is 0 Å². The van der Waals surface area contributed by atoms with Gasteiger partial charge < -0.3 is 4.42 Å². The van der Waals surface area contributed by atoms with Gasteiger partial charge in [0.25, 0.3) is 0 Å². The molecule has 0 fully saturated rings. The second-order valence-corrected chi connectivity index (χ2v) is 7.19. The summed E-state index contributed by atoms with van der Waals surface area (Å²) < 4.78 is 8.53. The lowest BCUT2D eigenvalue weighted by Crippen LogP contribution is -1.79. The summed E-state index contributed by atoms with van der Waals surface area (Å²) in [6.45, 7) is 0. The van der Waals surface area contributed by atoms with Gasteiger partial charge in [0.05, 0.1) is 11.2 Å². The molecule has 0 saturated carbocycles. The second kappa shape index (κ2) is 4.91. The number of nitrogens with zero attached hydrogens (tertiary/aromatic N) is 3. The van der Waals surface area contributed by atoms with Gasteiger partial charge in [0.15, 0.2) is 10.1 Å². The van der Waals surface area contributed by atoms with E-state index in [9.17, 15) is 0 Å². The van der Waals surface area contributed by atoms with Gasteiger partial charge in [-0.15, -0.1) is 5.10 Å². The maximum atomic E-state index is 6.18. The van der Waals surface area contributed by atoms with Crippen molar-refractivity contribution in [3.05, 3.63) is 34.4 Å². The highest BCUT2D eigenvalue weighted by atomic mass is 35.5. The molecule has 0 bridgehead atoms. The highest BCUT2D eigenvalue weighted by molar-refractivity contribution is 8.00. The number of furan rings is 1. The fraction of sp³-hybridized carbons (Fsp3) is 0.0769. The van der Waals surface area contributed by atoms with Crippen molar-refractivity contribution in [1.82, 2.24) is 14.6 Å². The summed E-state index contributed by atoms with van der Waals surface area (Å²) in [5.74, 6) is 0.651. The molecular formula is C13H7Cl2N3OS2. The molecule has 8 heteroatoms. The van der Waals surface area contributed by atoms with E-state index in [1.54, 1.807) is 39.7 Å². The standard InChI is InChI=1S/C13H7Cl2N3OS2/c1-20-13-17-18-5-9(16-12(18)21-13)11-4-7-8(15)2-6(14)3-10(7)19-11/h2-5H,1H3. The summed E-state index contributed by atoms with van der Waals surface area (Å²) in [6.07, 6.45) is 3.84. The van der Waals surface area contributed by atoms with Crippen molar-refractivity contribution in [2.24, 2.45) is 0 Å². The molecular weight excluding hydrogens is 349 g/mol. The van der Waals surface area contributed by atoms with Crippen molar-refractivity contribution >= 4 is 62.2 Å². The number of rotatable bonds is 2. The molecule has 0 radical (unpaired) electrons. The molecule has 0 unspecified atom stereocenters. The van der Waals surface area contributed by atoms with E-state index in [1.165, 1.54) is 0 Å². The van der Waals surface area contributed by atoms with Crippen molar-refractivity contribution in [3.8, 4) is 11.5 Å². The number of imidazole rings is 1. The Morgan fingerprint density at radius 3 is 2.90 bits per heavy atom. The minimum Gasteiger partial charge on any atom is -0.454 e. The molecule has 0 aliphatic carbocycles. The Morgan fingerprint density at radius 2 is 2.14 bits per heavy atom. The monoisotopic (exact) mass is 355 g/mol. The third-order valence-corrected chi connectivity index (χ3v) is 5.43. The van der Waals surface area contributed by atoms with Crippen LogP contribution in [-0.2, 0) is 0 Å². The highest BCUT2D eigenvalue weighted by Gasteiger charge is 2.14. The molecule has 0 spiro atoms. The summed E-state index contributed by atoms with van der Waals surface area (Å²) in [5, 5.41) is 6.35. The first-order valence-electron chi connectivity index (χ1n) is 5.93. The normalized spacial score (nSPS) is 11.8. The van der Waals surface area contributed by atoms with E-state index in [0.29, 0.717) is 21.4 Å². The Morgan fingerprint density at radius 1 is 1.29 bits per heavy atom. The van der Waals surface area contributed by atoms with E-state index < -0.39 is 0 Å². The van der Waals surface area contributed by atoms with Crippen LogP contribution in [0, 0.1) is 0 Å². The fourth-order valence-electron chi connectivity index (χ4n) is 2.07. The molecule has 3 aromatic heterocycles. The Hall–Kier alpha value is -1.21. The molecule has 4 aromatic rings. The third-order valence-electron chi connectivity index (χ3n) is 3.00. The third kappa shape index (κ3) is 2.23. The van der Waals surface area contributed by atoms with Crippen LogP contribution in [0.25, 0.3) is 27.4 Å². The largest absolute Gasteiger partial charge is 0.454 e. The van der Waals surface area contributed by atoms with Gasteiger partial charge in [-0.25, -0.2) is 9.50 Å². The zero-order chi connectivity index (χ0) is 14.6. The van der Waals surface area contributed by atoms with Gasteiger partial charge >= 0.3 is 0 Å². The van der Waals surface area contributed by atoms with E-state index in [4.69, 9.17) is 27.6 Å². The zero-order valence-corrected chi connectivity index (χ0v) is 13.8. The number of hydrogen-bond donors (Lipinski definition) is 0. The molecule has 21 heavy (non-hydrogen) atoms. The Kier molecular flexibility index (Phi) is 3.15. The lowest BCUT2D eigenvalue weighted by Gasteiger charge is -1.92. The number of fused-ring (bicyclic) bond motifs is 2. The molecule has 0 aliphatic heterocycles. The number of hydrogen-bond acceptors (Lipinski definition) is 5. The summed E-state index contributed by atoms with van der Waals surface area (Å²) >= 11 is 15.3. The van der Waals surface area contributed by atoms with Gasteiger partial charge in [0, 0.05) is 16.5 Å². The molecule has 106 valence electrons. The molecule has 4 nitrogen and oxygen atoms in total. The maximum absolute atomic E-state index is 6.18. The smallest absolute Gasteiger partial charge is 0.213 e. The number of benzene rings is 1. The average Bonchev–Trinajstić information content (AvgIpc) is 3.08. The molecule has 3 heterocycles. The Balaban J connectivity index is 1.87. The SMILES string of the molecule is CSc1nn2cc(-c3cc4c(Cl)cc(Cl)cc4o3)nc2s1. The second-order valence-electron chi connectivity index (χ2n) is 4.34. The quantitative estimate of drug-likeness (QED) is 0.461. The lowest BCUT2D eigenvalue weighted by atomic mass is 10.2. The van der Waals surface area contributed by atoms with Crippen LogP contribution < -0.4 is 0 Å². The van der Waals surface area contributed by atoms with Gasteiger partial charge in [-0.3, -0.25) is 0 Å². The lowest BCUT2D eigenvalue weighted by molar-refractivity contribution is 0.629. The molecule has 0 amide bonds. The van der Waals surface area contributed by atoms with Crippen LogP contribution in [0.4, 0.5) is 0 Å². The minimum atomic E-state index is 0.547. The number of thioether (sulfide) groups is 1. The summed E-state index contributed by atoms with van der Waals surface area (Å²) in [4.78, 5) is 5.37. The van der Waals surface area contributed by atoms with Gasteiger partial charge in [0.2, 0.25) is 4.96 Å². The van der Waals surface area contributed by atoms with E-state index in [1.807, 2.05) is 18.5 Å². The Labute approximate surface area is 137 Å². The van der Waals surface area contributed by atoms with E-state index in [0.717, 1.165) is 20.4 Å². The van der Waals surface area contributed by atoms with Crippen LogP contribution in [0.5, 0.6) is 0 Å². The van der Waals surface area contributed by atoms with Gasteiger partial charge in [-0.05, 0) is 18.4 Å². The van der Waals surface area contributed by atoms with E-state index >= 15 is 0 Å². The zero-order valence-electron chi connectivity index (χ0n) is 10.6. The molecule has 0 atom stereocenters. The molecule has 0 saturated heterocycles. The van der Waals surface area contributed by atoms with Crippen molar-refractivity contribution in [3.63, 3.8) is 0 Å². The highest BCUT2D eigenvalue weighted by Crippen LogP contribution is 2.34. The van der Waals surface area contributed by atoms with Gasteiger partial charge in [-0.2, -0.15) is 0 Å². The first-order chi connectivity index (χ1) is 10.1. The Bertz CT molecular complexity index is 941. The van der Waals surface area contributed by atoms with Crippen LogP contribution >= 0.6 is 46.3 Å². The van der Waals surface area contributed by atoms with Crippen LogP contribution in [-0.4, -0.2) is 20.9 Å². The summed E-state index contributed by atoms with van der Waals surface area (Å²) in [6, 6.07) is 5.31.